The first-order valence-electron chi connectivity index (χ1n) is 12.1. The standard InChI is InChI=1S/C28H32N6O/c1-19-9-10-22(34-13-11-32(3)12-14-34)15-24(19)28(35)30-20(2)25-16-27(21-17-29-33(4)18-21)31-26-8-6-5-7-23(25)26/h5-10,15-18,20H,11-14H2,1-4H3,(H,30,35)/t20-/m1/s1. The highest BCUT2D eigenvalue weighted by Gasteiger charge is 2.20. The van der Waals surface area contributed by atoms with Gasteiger partial charge in [-0.1, -0.05) is 24.3 Å². The number of rotatable bonds is 5. The summed E-state index contributed by atoms with van der Waals surface area (Å²) in [5, 5.41) is 8.59. The molecule has 35 heavy (non-hydrogen) atoms. The number of nitrogens with zero attached hydrogens (tertiary/aromatic N) is 5. The van der Waals surface area contributed by atoms with Crippen molar-refractivity contribution in [1.82, 2.24) is 25.0 Å². The molecule has 1 atom stereocenters. The van der Waals surface area contributed by atoms with Gasteiger partial charge in [0.25, 0.3) is 5.91 Å². The number of fused-ring (bicyclic) bond motifs is 1. The van der Waals surface area contributed by atoms with Crippen molar-refractivity contribution in [3.05, 3.63) is 77.6 Å². The third-order valence-corrected chi connectivity index (χ3v) is 6.90. The fraction of sp³-hybridized carbons (Fsp3) is 0.321. The molecule has 1 amide bonds. The molecule has 3 heterocycles. The van der Waals surface area contributed by atoms with Crippen molar-refractivity contribution in [3.8, 4) is 11.3 Å². The van der Waals surface area contributed by atoms with Gasteiger partial charge in [-0.3, -0.25) is 9.48 Å². The molecule has 2 aromatic heterocycles. The van der Waals surface area contributed by atoms with Crippen LogP contribution >= 0.6 is 0 Å². The maximum Gasteiger partial charge on any atom is 0.252 e. The number of likely N-dealkylation sites (N-methyl/N-ethyl adjacent to an activating group) is 1. The SMILES string of the molecule is Cc1ccc(N2CCN(C)CC2)cc1C(=O)N[C@H](C)c1cc(-c2cnn(C)c2)nc2ccccc12. The number of hydrogen-bond acceptors (Lipinski definition) is 5. The quantitative estimate of drug-likeness (QED) is 0.476. The van der Waals surface area contributed by atoms with Gasteiger partial charge in [0.15, 0.2) is 0 Å². The second kappa shape index (κ2) is 9.50. The second-order valence-electron chi connectivity index (χ2n) is 9.50. The van der Waals surface area contributed by atoms with Crippen molar-refractivity contribution in [2.24, 2.45) is 7.05 Å². The molecule has 180 valence electrons. The van der Waals surface area contributed by atoms with Crippen LogP contribution < -0.4 is 10.2 Å². The fourth-order valence-electron chi connectivity index (χ4n) is 4.73. The van der Waals surface area contributed by atoms with Gasteiger partial charge in [-0.2, -0.15) is 5.10 Å². The third-order valence-electron chi connectivity index (χ3n) is 6.90. The van der Waals surface area contributed by atoms with Gasteiger partial charge in [-0.05, 0) is 56.3 Å². The minimum atomic E-state index is -0.197. The molecule has 0 radical (unpaired) electrons. The second-order valence-corrected chi connectivity index (χ2v) is 9.50. The Morgan fingerprint density at radius 3 is 2.54 bits per heavy atom. The lowest BCUT2D eigenvalue weighted by Crippen LogP contribution is -2.44. The average molecular weight is 469 g/mol. The number of aromatic nitrogens is 3. The Bertz CT molecular complexity index is 1370. The summed E-state index contributed by atoms with van der Waals surface area (Å²) < 4.78 is 1.77. The van der Waals surface area contributed by atoms with Gasteiger partial charge in [0.1, 0.15) is 0 Å². The Balaban J connectivity index is 1.44. The van der Waals surface area contributed by atoms with Gasteiger partial charge in [-0.25, -0.2) is 4.98 Å². The number of anilines is 1. The van der Waals surface area contributed by atoms with Crippen LogP contribution in [0.5, 0.6) is 0 Å². The lowest BCUT2D eigenvalue weighted by molar-refractivity contribution is 0.0939. The van der Waals surface area contributed by atoms with Crippen LogP contribution in [0.4, 0.5) is 5.69 Å². The van der Waals surface area contributed by atoms with E-state index in [1.807, 2.05) is 57.6 Å². The van der Waals surface area contributed by atoms with E-state index < -0.39 is 0 Å². The van der Waals surface area contributed by atoms with Crippen LogP contribution in [0.15, 0.2) is 60.9 Å². The number of benzene rings is 2. The number of carbonyl (C=O) groups is 1. The van der Waals surface area contributed by atoms with Crippen molar-refractivity contribution in [1.29, 1.82) is 0 Å². The topological polar surface area (TPSA) is 66.3 Å². The van der Waals surface area contributed by atoms with E-state index in [9.17, 15) is 4.79 Å². The van der Waals surface area contributed by atoms with Crippen molar-refractivity contribution in [2.75, 3.05) is 38.1 Å². The Hall–Kier alpha value is -3.71. The molecule has 0 aliphatic carbocycles. The van der Waals surface area contributed by atoms with Gasteiger partial charge in [0, 0.05) is 61.6 Å². The Morgan fingerprint density at radius 2 is 1.80 bits per heavy atom. The summed E-state index contributed by atoms with van der Waals surface area (Å²) in [5.74, 6) is -0.0604. The highest BCUT2D eigenvalue weighted by Crippen LogP contribution is 2.29. The van der Waals surface area contributed by atoms with Crippen molar-refractivity contribution in [3.63, 3.8) is 0 Å². The molecular weight excluding hydrogens is 436 g/mol. The van der Waals surface area contributed by atoms with Gasteiger partial charge < -0.3 is 15.1 Å². The lowest BCUT2D eigenvalue weighted by atomic mass is 9.99. The van der Waals surface area contributed by atoms with Crippen LogP contribution in [0, 0.1) is 6.92 Å². The summed E-state index contributed by atoms with van der Waals surface area (Å²) in [6, 6.07) is 16.2. The number of pyridine rings is 1. The maximum atomic E-state index is 13.5. The summed E-state index contributed by atoms with van der Waals surface area (Å²) in [4.78, 5) is 23.0. The smallest absolute Gasteiger partial charge is 0.252 e. The zero-order valence-corrected chi connectivity index (χ0v) is 20.8. The van der Waals surface area contributed by atoms with Crippen molar-refractivity contribution >= 4 is 22.5 Å². The number of hydrogen-bond donors (Lipinski definition) is 1. The van der Waals surface area contributed by atoms with E-state index in [0.29, 0.717) is 0 Å². The van der Waals surface area contributed by atoms with E-state index in [1.165, 1.54) is 0 Å². The largest absolute Gasteiger partial charge is 0.369 e. The van der Waals surface area contributed by atoms with Gasteiger partial charge in [0.05, 0.1) is 23.4 Å². The fourth-order valence-corrected chi connectivity index (χ4v) is 4.73. The summed E-state index contributed by atoms with van der Waals surface area (Å²) >= 11 is 0. The molecule has 1 saturated heterocycles. The first-order chi connectivity index (χ1) is 16.9. The zero-order chi connectivity index (χ0) is 24.5. The lowest BCUT2D eigenvalue weighted by Gasteiger charge is -2.34. The van der Waals surface area contributed by atoms with Gasteiger partial charge in [-0.15, -0.1) is 0 Å². The molecule has 2 aromatic carbocycles. The van der Waals surface area contributed by atoms with Gasteiger partial charge >= 0.3 is 0 Å². The summed E-state index contributed by atoms with van der Waals surface area (Å²) in [6.45, 7) is 8.03. The molecule has 0 spiro atoms. The molecule has 1 fully saturated rings. The molecule has 0 saturated carbocycles. The molecule has 1 N–H and O–H groups in total. The van der Waals surface area contributed by atoms with E-state index in [-0.39, 0.29) is 11.9 Å². The Labute approximate surface area is 206 Å². The van der Waals surface area contributed by atoms with Crippen molar-refractivity contribution < 1.29 is 4.79 Å². The maximum absolute atomic E-state index is 13.5. The number of carbonyl (C=O) groups excluding carboxylic acids is 1. The number of piperazine rings is 1. The minimum Gasteiger partial charge on any atom is -0.369 e. The number of aryl methyl sites for hydroxylation is 2. The van der Waals surface area contributed by atoms with Crippen LogP contribution in [0.2, 0.25) is 0 Å². The van der Waals surface area contributed by atoms with Crippen LogP contribution in [-0.2, 0) is 7.05 Å². The predicted octanol–water partition coefficient (Wildman–Crippen LogP) is 4.19. The van der Waals surface area contributed by atoms with Crippen LogP contribution in [0.1, 0.15) is 34.5 Å². The molecule has 7 nitrogen and oxygen atoms in total. The van der Waals surface area contributed by atoms with E-state index in [0.717, 1.165) is 70.7 Å². The van der Waals surface area contributed by atoms with Crippen LogP contribution in [0.25, 0.3) is 22.2 Å². The molecule has 4 aromatic rings. The monoisotopic (exact) mass is 468 g/mol. The molecule has 1 aliphatic rings. The van der Waals surface area contributed by atoms with E-state index in [2.05, 4.69) is 51.5 Å². The molecule has 1 aliphatic heterocycles. The van der Waals surface area contributed by atoms with Gasteiger partial charge in [0.2, 0.25) is 0 Å². The normalized spacial score (nSPS) is 15.4. The predicted molar refractivity (Wildman–Crippen MR) is 141 cm³/mol. The molecule has 7 heteroatoms. The first kappa shape index (κ1) is 23.1. The Kier molecular flexibility index (Phi) is 6.26. The number of nitrogens with one attached hydrogen (secondary N) is 1. The molecular formula is C28H32N6O. The highest BCUT2D eigenvalue weighted by molar-refractivity contribution is 5.97. The average Bonchev–Trinajstić information content (AvgIpc) is 3.30. The summed E-state index contributed by atoms with van der Waals surface area (Å²) in [6.07, 6.45) is 3.77. The first-order valence-corrected chi connectivity index (χ1v) is 12.1. The van der Waals surface area contributed by atoms with Crippen LogP contribution in [-0.4, -0.2) is 58.8 Å². The number of amides is 1. The van der Waals surface area contributed by atoms with E-state index in [1.54, 1.807) is 4.68 Å². The summed E-state index contributed by atoms with van der Waals surface area (Å²) in [7, 11) is 4.04. The number of para-hydroxylation sites is 1. The Morgan fingerprint density at radius 1 is 1.03 bits per heavy atom. The van der Waals surface area contributed by atoms with E-state index >= 15 is 0 Å². The molecule has 0 bridgehead atoms. The molecule has 5 rings (SSSR count). The van der Waals surface area contributed by atoms with E-state index in [4.69, 9.17) is 4.98 Å². The highest BCUT2D eigenvalue weighted by atomic mass is 16.1. The summed E-state index contributed by atoms with van der Waals surface area (Å²) in [5.41, 5.74) is 6.54. The molecule has 0 unspecified atom stereocenters. The third kappa shape index (κ3) is 4.77. The van der Waals surface area contributed by atoms with Crippen LogP contribution in [0.3, 0.4) is 0 Å². The van der Waals surface area contributed by atoms with Crippen molar-refractivity contribution in [2.45, 2.75) is 19.9 Å². The minimum absolute atomic E-state index is 0.0604. The zero-order valence-electron chi connectivity index (χ0n) is 20.8.